The Kier molecular flexibility index (Phi) is 5.41. The number of methoxy groups -OCH3 is 1. The van der Waals surface area contributed by atoms with Gasteiger partial charge in [0.05, 0.1) is 12.7 Å². The summed E-state index contributed by atoms with van der Waals surface area (Å²) in [6.45, 7) is 5.21. The molecule has 1 aromatic rings. The third-order valence-corrected chi connectivity index (χ3v) is 3.84. The summed E-state index contributed by atoms with van der Waals surface area (Å²) in [5.74, 6) is -0.271. The molecule has 0 unspecified atom stereocenters. The van der Waals surface area contributed by atoms with Gasteiger partial charge in [-0.25, -0.2) is 4.79 Å². The number of unbranched alkanes of at least 4 members (excludes halogenated alkanes) is 1. The molecule has 110 valence electrons. The molecule has 4 heteroatoms. The Morgan fingerprint density at radius 2 is 2.35 bits per heavy atom. The van der Waals surface area contributed by atoms with E-state index in [1.165, 1.54) is 26.4 Å². The molecule has 0 spiro atoms. The van der Waals surface area contributed by atoms with Crippen LogP contribution in [-0.4, -0.2) is 38.8 Å². The zero-order valence-electron chi connectivity index (χ0n) is 12.4. The van der Waals surface area contributed by atoms with E-state index in [4.69, 9.17) is 4.74 Å². The molecule has 1 heterocycles. The number of nitrogens with one attached hydrogen (secondary N) is 1. The number of hydrogen-bond acceptors (Lipinski definition) is 4. The van der Waals surface area contributed by atoms with E-state index in [1.54, 1.807) is 6.07 Å². The monoisotopic (exact) mass is 276 g/mol. The third kappa shape index (κ3) is 3.51. The van der Waals surface area contributed by atoms with Crippen LogP contribution in [0.5, 0.6) is 0 Å². The van der Waals surface area contributed by atoms with E-state index < -0.39 is 0 Å². The molecule has 2 rings (SSSR count). The van der Waals surface area contributed by atoms with Crippen LogP contribution in [0.4, 0.5) is 5.69 Å². The summed E-state index contributed by atoms with van der Waals surface area (Å²) in [5, 5.41) is 3.46. The maximum atomic E-state index is 11.6. The van der Waals surface area contributed by atoms with Crippen molar-refractivity contribution in [1.29, 1.82) is 0 Å². The molecule has 0 aliphatic carbocycles. The Bertz CT molecular complexity index is 448. The summed E-state index contributed by atoms with van der Waals surface area (Å²) in [5.41, 5.74) is 1.74. The van der Waals surface area contributed by atoms with Gasteiger partial charge in [0.2, 0.25) is 0 Å². The van der Waals surface area contributed by atoms with Gasteiger partial charge in [0.1, 0.15) is 0 Å². The fraction of sp³-hybridized carbons (Fsp3) is 0.562. The molecule has 1 saturated heterocycles. The average Bonchev–Trinajstić information content (AvgIpc) is 2.52. The minimum atomic E-state index is -0.271. The molecule has 20 heavy (non-hydrogen) atoms. The van der Waals surface area contributed by atoms with Gasteiger partial charge in [-0.1, -0.05) is 25.8 Å². The van der Waals surface area contributed by atoms with Gasteiger partial charge in [0, 0.05) is 31.4 Å². The highest BCUT2D eigenvalue weighted by Crippen LogP contribution is 2.22. The molecule has 1 fully saturated rings. The van der Waals surface area contributed by atoms with Gasteiger partial charge in [-0.15, -0.1) is 0 Å². The molecule has 0 radical (unpaired) electrons. The molecular formula is C16H24N2O2. The quantitative estimate of drug-likeness (QED) is 0.839. The molecular weight excluding hydrogens is 252 g/mol. The molecule has 1 atom stereocenters. The van der Waals surface area contributed by atoms with E-state index in [0.29, 0.717) is 11.6 Å². The Labute approximate surface area is 121 Å². The number of nitrogens with zero attached hydrogens (tertiary/aromatic N) is 1. The molecule has 1 aliphatic rings. The van der Waals surface area contributed by atoms with Gasteiger partial charge in [-0.05, 0) is 24.6 Å². The lowest BCUT2D eigenvalue weighted by atomic mass is 10.0. The first-order valence-corrected chi connectivity index (χ1v) is 7.42. The van der Waals surface area contributed by atoms with Crippen molar-refractivity contribution in [2.75, 3.05) is 31.6 Å². The fourth-order valence-electron chi connectivity index (χ4n) is 2.73. The average molecular weight is 276 g/mol. The van der Waals surface area contributed by atoms with Gasteiger partial charge < -0.3 is 15.0 Å². The van der Waals surface area contributed by atoms with E-state index in [1.807, 2.05) is 12.1 Å². The summed E-state index contributed by atoms with van der Waals surface area (Å²) in [4.78, 5) is 14.1. The number of esters is 1. The number of benzene rings is 1. The van der Waals surface area contributed by atoms with Gasteiger partial charge in [-0.2, -0.15) is 0 Å². The van der Waals surface area contributed by atoms with Crippen LogP contribution in [0.15, 0.2) is 24.3 Å². The van der Waals surface area contributed by atoms with Crippen LogP contribution in [-0.2, 0) is 4.74 Å². The van der Waals surface area contributed by atoms with Crippen molar-refractivity contribution in [3.05, 3.63) is 29.8 Å². The standard InChI is InChI=1S/C16H24N2O2/c1-3-4-7-15-12-17-9-10-18(15)14-8-5-6-13(11-14)16(19)20-2/h5-6,8,11,15,17H,3-4,7,9-10,12H2,1-2H3/t15-/m0/s1. The largest absolute Gasteiger partial charge is 0.465 e. The van der Waals surface area contributed by atoms with Crippen LogP contribution in [0, 0.1) is 0 Å². The Hall–Kier alpha value is -1.55. The van der Waals surface area contributed by atoms with Gasteiger partial charge in [0.15, 0.2) is 0 Å². The lowest BCUT2D eigenvalue weighted by Gasteiger charge is -2.38. The van der Waals surface area contributed by atoms with Crippen LogP contribution in [0.1, 0.15) is 36.5 Å². The van der Waals surface area contributed by atoms with Crippen molar-refractivity contribution in [1.82, 2.24) is 5.32 Å². The van der Waals surface area contributed by atoms with Crippen LogP contribution < -0.4 is 10.2 Å². The zero-order chi connectivity index (χ0) is 14.4. The van der Waals surface area contributed by atoms with Crippen LogP contribution in [0.25, 0.3) is 0 Å². The van der Waals surface area contributed by atoms with E-state index in [-0.39, 0.29) is 5.97 Å². The zero-order valence-corrected chi connectivity index (χ0v) is 12.4. The first kappa shape index (κ1) is 14.9. The number of carbonyl (C=O) groups is 1. The summed E-state index contributed by atoms with van der Waals surface area (Å²) in [6.07, 6.45) is 3.64. The number of hydrogen-bond donors (Lipinski definition) is 1. The van der Waals surface area contributed by atoms with Crippen molar-refractivity contribution in [2.45, 2.75) is 32.2 Å². The maximum Gasteiger partial charge on any atom is 0.337 e. The van der Waals surface area contributed by atoms with Crippen molar-refractivity contribution in [3.8, 4) is 0 Å². The fourth-order valence-corrected chi connectivity index (χ4v) is 2.73. The molecule has 4 nitrogen and oxygen atoms in total. The second-order valence-corrected chi connectivity index (χ2v) is 5.24. The molecule has 0 amide bonds. The number of anilines is 1. The van der Waals surface area contributed by atoms with Crippen LogP contribution in [0.2, 0.25) is 0 Å². The summed E-state index contributed by atoms with van der Waals surface area (Å²) in [6, 6.07) is 8.27. The minimum absolute atomic E-state index is 0.271. The summed E-state index contributed by atoms with van der Waals surface area (Å²) >= 11 is 0. The van der Waals surface area contributed by atoms with Crippen LogP contribution >= 0.6 is 0 Å². The molecule has 0 bridgehead atoms. The Morgan fingerprint density at radius 1 is 1.50 bits per heavy atom. The van der Waals surface area contributed by atoms with E-state index in [9.17, 15) is 4.79 Å². The second kappa shape index (κ2) is 7.29. The number of piperazine rings is 1. The van der Waals surface area contributed by atoms with Crippen molar-refractivity contribution in [3.63, 3.8) is 0 Å². The lowest BCUT2D eigenvalue weighted by Crippen LogP contribution is -2.51. The van der Waals surface area contributed by atoms with Crippen molar-refractivity contribution >= 4 is 11.7 Å². The first-order valence-electron chi connectivity index (χ1n) is 7.42. The highest BCUT2D eigenvalue weighted by molar-refractivity contribution is 5.90. The number of carbonyl (C=O) groups excluding carboxylic acids is 1. The highest BCUT2D eigenvalue weighted by Gasteiger charge is 2.22. The minimum Gasteiger partial charge on any atom is -0.465 e. The van der Waals surface area contributed by atoms with Gasteiger partial charge in [0.25, 0.3) is 0 Å². The summed E-state index contributed by atoms with van der Waals surface area (Å²) in [7, 11) is 1.42. The topological polar surface area (TPSA) is 41.6 Å². The van der Waals surface area contributed by atoms with Crippen LogP contribution in [0.3, 0.4) is 0 Å². The lowest BCUT2D eigenvalue weighted by molar-refractivity contribution is 0.0601. The Morgan fingerprint density at radius 3 is 3.10 bits per heavy atom. The highest BCUT2D eigenvalue weighted by atomic mass is 16.5. The SMILES string of the molecule is CCCC[C@H]1CNCCN1c1cccc(C(=O)OC)c1. The maximum absolute atomic E-state index is 11.6. The van der Waals surface area contributed by atoms with Crippen molar-refractivity contribution < 1.29 is 9.53 Å². The number of rotatable bonds is 5. The first-order chi connectivity index (χ1) is 9.76. The molecule has 1 aromatic carbocycles. The third-order valence-electron chi connectivity index (χ3n) is 3.84. The number of ether oxygens (including phenoxy) is 1. The van der Waals surface area contributed by atoms with Crippen molar-refractivity contribution in [2.24, 2.45) is 0 Å². The van der Waals surface area contributed by atoms with Gasteiger partial charge >= 0.3 is 5.97 Å². The van der Waals surface area contributed by atoms with E-state index in [2.05, 4.69) is 23.2 Å². The molecule has 1 N–H and O–H groups in total. The molecule has 0 aromatic heterocycles. The van der Waals surface area contributed by atoms with Gasteiger partial charge in [-0.3, -0.25) is 0 Å². The smallest absolute Gasteiger partial charge is 0.337 e. The normalized spacial score (nSPS) is 18.9. The summed E-state index contributed by atoms with van der Waals surface area (Å²) < 4.78 is 4.80. The molecule has 1 aliphatic heterocycles. The van der Waals surface area contributed by atoms with E-state index in [0.717, 1.165) is 25.3 Å². The molecule has 0 saturated carbocycles. The predicted octanol–water partition coefficient (Wildman–Crippen LogP) is 2.44. The second-order valence-electron chi connectivity index (χ2n) is 5.24. The van der Waals surface area contributed by atoms with E-state index >= 15 is 0 Å². The predicted molar refractivity (Wildman–Crippen MR) is 81.3 cm³/mol. The Balaban J connectivity index is 2.16.